The van der Waals surface area contributed by atoms with Crippen molar-refractivity contribution in [3.05, 3.63) is 24.3 Å². The number of piperidine rings is 1. The van der Waals surface area contributed by atoms with Gasteiger partial charge in [0.1, 0.15) is 0 Å². The quantitative estimate of drug-likeness (QED) is 0.807. The van der Waals surface area contributed by atoms with Gasteiger partial charge in [-0.15, -0.1) is 0 Å². The van der Waals surface area contributed by atoms with Crippen LogP contribution < -0.4 is 10.2 Å². The first kappa shape index (κ1) is 18.4. The average Bonchev–Trinajstić information content (AvgIpc) is 3.08. The lowest BCUT2D eigenvalue weighted by molar-refractivity contribution is -0.878. The summed E-state index contributed by atoms with van der Waals surface area (Å²) in [4.78, 5) is 13.7. The Morgan fingerprint density at radius 3 is 2.52 bits per heavy atom. The minimum Gasteiger partial charge on any atom is -0.327 e. The summed E-state index contributed by atoms with van der Waals surface area (Å²) in [6, 6.07) is 6.54. The van der Waals surface area contributed by atoms with Gasteiger partial charge in [0.05, 0.1) is 18.0 Å². The number of nitrogens with zero attached hydrogens (tertiary/aromatic N) is 1. The third-order valence-electron chi connectivity index (χ3n) is 5.12. The molecule has 25 heavy (non-hydrogen) atoms. The topological polar surface area (TPSA) is 70.9 Å². The Hall–Kier alpha value is -1.44. The van der Waals surface area contributed by atoms with Crippen molar-refractivity contribution in [2.24, 2.45) is 5.92 Å². The molecule has 0 unspecified atom stereocenters. The number of likely N-dealkylation sites (tertiary alicyclic amines) is 1. The van der Waals surface area contributed by atoms with Crippen LogP contribution in [0.1, 0.15) is 32.6 Å². The molecule has 7 heteroatoms. The molecule has 1 atom stereocenters. The Kier molecular flexibility index (Phi) is 5.76. The van der Waals surface area contributed by atoms with Crippen LogP contribution in [0.25, 0.3) is 0 Å². The highest BCUT2D eigenvalue weighted by atomic mass is 32.2. The van der Waals surface area contributed by atoms with Gasteiger partial charge in [0.25, 0.3) is 5.91 Å². The molecule has 1 aromatic carbocycles. The molecule has 1 amide bonds. The maximum atomic E-state index is 12.7. The first-order valence-electron chi connectivity index (χ1n) is 9.19. The zero-order chi connectivity index (χ0) is 17.9. The maximum absolute atomic E-state index is 12.7. The molecule has 0 saturated carbocycles. The Bertz CT molecular complexity index is 697. The van der Waals surface area contributed by atoms with Gasteiger partial charge in [-0.25, -0.2) is 8.42 Å². The summed E-state index contributed by atoms with van der Waals surface area (Å²) in [5.74, 6) is 0.382. The van der Waals surface area contributed by atoms with E-state index in [0.717, 1.165) is 25.9 Å². The van der Waals surface area contributed by atoms with Crippen LogP contribution in [0.4, 0.5) is 5.69 Å². The van der Waals surface area contributed by atoms with E-state index < -0.39 is 10.0 Å². The molecule has 0 bridgehead atoms. The third-order valence-corrected chi connectivity index (χ3v) is 7.00. The molecule has 2 N–H and O–H groups in total. The smallest absolute Gasteiger partial charge is 0.279 e. The molecule has 2 aliphatic heterocycles. The SMILES string of the molecule is C[C@@H]1CCCN(S(=O)(=O)c2ccc(NC(=O)C[NH+]3CCCC3)cc2)C1. The summed E-state index contributed by atoms with van der Waals surface area (Å²) in [7, 11) is -3.44. The lowest BCUT2D eigenvalue weighted by Gasteiger charge is -2.30. The Balaban J connectivity index is 1.62. The van der Waals surface area contributed by atoms with Gasteiger partial charge in [-0.1, -0.05) is 6.92 Å². The number of quaternary nitrogens is 1. The highest BCUT2D eigenvalue weighted by molar-refractivity contribution is 7.89. The zero-order valence-electron chi connectivity index (χ0n) is 14.8. The summed E-state index contributed by atoms with van der Waals surface area (Å²) >= 11 is 0. The van der Waals surface area contributed by atoms with E-state index in [-0.39, 0.29) is 5.91 Å². The second kappa shape index (κ2) is 7.85. The van der Waals surface area contributed by atoms with Gasteiger partial charge >= 0.3 is 0 Å². The summed E-state index contributed by atoms with van der Waals surface area (Å²) in [5, 5.41) is 2.87. The van der Waals surface area contributed by atoms with E-state index in [0.29, 0.717) is 36.1 Å². The highest BCUT2D eigenvalue weighted by Crippen LogP contribution is 2.24. The van der Waals surface area contributed by atoms with Crippen LogP contribution in [-0.2, 0) is 14.8 Å². The molecule has 2 aliphatic rings. The zero-order valence-corrected chi connectivity index (χ0v) is 15.6. The summed E-state index contributed by atoms with van der Waals surface area (Å²) < 4.78 is 27.0. The van der Waals surface area contributed by atoms with Crippen molar-refractivity contribution >= 4 is 21.6 Å². The number of rotatable bonds is 5. The number of sulfonamides is 1. The molecule has 0 radical (unpaired) electrons. The summed E-state index contributed by atoms with van der Waals surface area (Å²) in [5.41, 5.74) is 0.648. The van der Waals surface area contributed by atoms with Crippen LogP contribution >= 0.6 is 0 Å². The van der Waals surface area contributed by atoms with E-state index in [9.17, 15) is 13.2 Å². The maximum Gasteiger partial charge on any atom is 0.279 e. The minimum absolute atomic E-state index is 0.0163. The van der Waals surface area contributed by atoms with E-state index in [1.165, 1.54) is 17.7 Å². The van der Waals surface area contributed by atoms with Gasteiger partial charge in [0, 0.05) is 31.6 Å². The molecule has 0 aromatic heterocycles. The second-order valence-electron chi connectivity index (χ2n) is 7.32. The van der Waals surface area contributed by atoms with Crippen LogP contribution in [0.5, 0.6) is 0 Å². The molecule has 0 aliphatic carbocycles. The molecule has 1 aromatic rings. The van der Waals surface area contributed by atoms with Crippen LogP contribution in [0.15, 0.2) is 29.2 Å². The molecule has 0 spiro atoms. The fourth-order valence-electron chi connectivity index (χ4n) is 3.71. The fourth-order valence-corrected chi connectivity index (χ4v) is 5.31. The van der Waals surface area contributed by atoms with Crippen molar-refractivity contribution in [3.63, 3.8) is 0 Å². The van der Waals surface area contributed by atoms with Crippen molar-refractivity contribution in [2.45, 2.75) is 37.5 Å². The van der Waals surface area contributed by atoms with Crippen molar-refractivity contribution < 1.29 is 18.1 Å². The standard InChI is InChI=1S/C18H27N3O3S/c1-15-5-4-12-21(13-15)25(23,24)17-8-6-16(7-9-17)19-18(22)14-20-10-2-3-11-20/h6-9,15H,2-5,10-14H2,1H3,(H,19,22)/p+1/t15-/m1/s1. The largest absolute Gasteiger partial charge is 0.327 e. The van der Waals surface area contributed by atoms with E-state index in [1.54, 1.807) is 28.6 Å². The van der Waals surface area contributed by atoms with Gasteiger partial charge in [0.15, 0.2) is 6.54 Å². The molecular weight excluding hydrogens is 338 g/mol. The van der Waals surface area contributed by atoms with Gasteiger partial charge in [-0.3, -0.25) is 4.79 Å². The molecule has 138 valence electrons. The predicted octanol–water partition coefficient (Wildman–Crippen LogP) is 0.724. The monoisotopic (exact) mass is 366 g/mol. The third kappa shape index (κ3) is 4.59. The number of nitrogens with one attached hydrogen (secondary N) is 2. The van der Waals surface area contributed by atoms with Gasteiger partial charge in [-0.2, -0.15) is 4.31 Å². The Labute approximate surface area is 150 Å². The van der Waals surface area contributed by atoms with E-state index in [2.05, 4.69) is 12.2 Å². The van der Waals surface area contributed by atoms with Crippen LogP contribution in [0.3, 0.4) is 0 Å². The van der Waals surface area contributed by atoms with Crippen molar-refractivity contribution in [1.82, 2.24) is 4.31 Å². The van der Waals surface area contributed by atoms with Gasteiger partial charge < -0.3 is 10.2 Å². The van der Waals surface area contributed by atoms with Crippen molar-refractivity contribution in [1.29, 1.82) is 0 Å². The van der Waals surface area contributed by atoms with Crippen molar-refractivity contribution in [2.75, 3.05) is 38.0 Å². The summed E-state index contributed by atoms with van der Waals surface area (Å²) in [6.07, 6.45) is 4.36. The Morgan fingerprint density at radius 1 is 1.20 bits per heavy atom. The van der Waals surface area contributed by atoms with Crippen LogP contribution in [-0.4, -0.2) is 51.4 Å². The minimum atomic E-state index is -3.44. The van der Waals surface area contributed by atoms with E-state index in [4.69, 9.17) is 0 Å². The average molecular weight is 367 g/mol. The number of benzene rings is 1. The molecule has 2 fully saturated rings. The van der Waals surface area contributed by atoms with Crippen LogP contribution in [0.2, 0.25) is 0 Å². The predicted molar refractivity (Wildman–Crippen MR) is 97.0 cm³/mol. The molecule has 3 rings (SSSR count). The van der Waals surface area contributed by atoms with Gasteiger partial charge in [-0.05, 0) is 43.0 Å². The van der Waals surface area contributed by atoms with E-state index >= 15 is 0 Å². The summed E-state index contributed by atoms with van der Waals surface area (Å²) in [6.45, 7) is 5.84. The van der Waals surface area contributed by atoms with Crippen molar-refractivity contribution in [3.8, 4) is 0 Å². The number of amides is 1. The lowest BCUT2D eigenvalue weighted by Crippen LogP contribution is -3.11. The second-order valence-corrected chi connectivity index (χ2v) is 9.25. The molecule has 2 saturated heterocycles. The van der Waals surface area contributed by atoms with Gasteiger partial charge in [0.2, 0.25) is 10.0 Å². The first-order chi connectivity index (χ1) is 11.9. The number of hydrogen-bond donors (Lipinski definition) is 2. The number of carbonyl (C=O) groups is 1. The molecular formula is C18H28N3O3S+. The molecule has 6 nitrogen and oxygen atoms in total. The fraction of sp³-hybridized carbons (Fsp3) is 0.611. The van der Waals surface area contributed by atoms with E-state index in [1.807, 2.05) is 0 Å². The normalized spacial score (nSPS) is 22.8. The first-order valence-corrected chi connectivity index (χ1v) is 10.6. The lowest BCUT2D eigenvalue weighted by atomic mass is 10.0. The Morgan fingerprint density at radius 2 is 1.88 bits per heavy atom. The molecule has 2 heterocycles. The number of hydrogen-bond acceptors (Lipinski definition) is 3. The highest BCUT2D eigenvalue weighted by Gasteiger charge is 2.28. The number of carbonyl (C=O) groups excluding carboxylic acids is 1. The van der Waals surface area contributed by atoms with Crippen LogP contribution in [0, 0.1) is 5.92 Å². The number of anilines is 1.